The highest BCUT2D eigenvalue weighted by atomic mass is 79.9. The summed E-state index contributed by atoms with van der Waals surface area (Å²) >= 11 is 3.59. The Morgan fingerprint density at radius 2 is 2.17 bits per heavy atom. The van der Waals surface area contributed by atoms with Gasteiger partial charge in [0.15, 0.2) is 0 Å². The van der Waals surface area contributed by atoms with Crippen LogP contribution < -0.4 is 3.93 Å². The van der Waals surface area contributed by atoms with E-state index >= 15 is 0 Å². The minimum Gasteiger partial charge on any atom is -0.308 e. The molecule has 3 rings (SSSR count). The summed E-state index contributed by atoms with van der Waals surface area (Å²) in [6.07, 6.45) is 1.39. The van der Waals surface area contributed by atoms with Gasteiger partial charge in [-0.25, -0.2) is 0 Å². The maximum atomic E-state index is 3.59. The third kappa shape index (κ3) is 0.845. The van der Waals surface area contributed by atoms with Gasteiger partial charge in [-0.3, -0.25) is 0 Å². The van der Waals surface area contributed by atoms with Crippen molar-refractivity contribution in [2.45, 2.75) is 12.3 Å². The zero-order chi connectivity index (χ0) is 8.13. The Balaban J connectivity index is 2.15. The SMILES string of the molecule is BrN1CC2CC2c2ccccc21. The molecule has 2 heteroatoms. The van der Waals surface area contributed by atoms with Gasteiger partial charge in [0.2, 0.25) is 0 Å². The Hall–Kier alpha value is -0.500. The van der Waals surface area contributed by atoms with Crippen LogP contribution in [0.4, 0.5) is 5.69 Å². The lowest BCUT2D eigenvalue weighted by Gasteiger charge is -2.24. The average Bonchev–Trinajstić information content (AvgIpc) is 2.84. The molecule has 2 aliphatic rings. The normalized spacial score (nSPS) is 30.9. The van der Waals surface area contributed by atoms with Crippen LogP contribution >= 0.6 is 16.1 Å². The zero-order valence-electron chi connectivity index (χ0n) is 6.70. The highest BCUT2D eigenvalue weighted by Gasteiger charge is 2.44. The number of hydrogen-bond acceptors (Lipinski definition) is 1. The molecular formula is C10H10BrN. The fourth-order valence-corrected chi connectivity index (χ4v) is 2.85. The van der Waals surface area contributed by atoms with E-state index in [9.17, 15) is 0 Å². The summed E-state index contributed by atoms with van der Waals surface area (Å²) in [5, 5.41) is 0. The van der Waals surface area contributed by atoms with E-state index in [0.29, 0.717) is 0 Å². The number of benzene rings is 1. The molecule has 0 radical (unpaired) electrons. The summed E-state index contributed by atoms with van der Waals surface area (Å²) in [4.78, 5) is 0. The van der Waals surface area contributed by atoms with Crippen molar-refractivity contribution in [2.24, 2.45) is 5.92 Å². The largest absolute Gasteiger partial charge is 0.308 e. The number of para-hydroxylation sites is 1. The first-order valence-corrected chi connectivity index (χ1v) is 5.09. The first-order valence-electron chi connectivity index (χ1n) is 4.38. The van der Waals surface area contributed by atoms with Crippen molar-refractivity contribution in [1.29, 1.82) is 0 Å². The van der Waals surface area contributed by atoms with Crippen molar-refractivity contribution in [3.05, 3.63) is 29.8 Å². The molecule has 0 N–H and O–H groups in total. The topological polar surface area (TPSA) is 3.24 Å². The van der Waals surface area contributed by atoms with Gasteiger partial charge in [-0.2, -0.15) is 0 Å². The summed E-state index contributed by atoms with van der Waals surface area (Å²) < 4.78 is 2.20. The van der Waals surface area contributed by atoms with Crippen molar-refractivity contribution in [3.63, 3.8) is 0 Å². The number of fused-ring (bicyclic) bond motifs is 3. The molecule has 1 aliphatic heterocycles. The molecule has 0 aromatic heterocycles. The molecule has 1 fully saturated rings. The molecule has 1 saturated carbocycles. The summed E-state index contributed by atoms with van der Waals surface area (Å²) in [7, 11) is 0. The predicted molar refractivity (Wildman–Crippen MR) is 53.6 cm³/mol. The van der Waals surface area contributed by atoms with Crippen LogP contribution in [0.15, 0.2) is 24.3 Å². The second-order valence-corrected chi connectivity index (χ2v) is 4.56. The number of rotatable bonds is 0. The molecule has 2 unspecified atom stereocenters. The van der Waals surface area contributed by atoms with Crippen molar-refractivity contribution in [2.75, 3.05) is 10.5 Å². The summed E-state index contributed by atoms with van der Waals surface area (Å²) in [5.74, 6) is 1.79. The molecule has 1 aromatic carbocycles. The van der Waals surface area contributed by atoms with Gasteiger partial charge in [0, 0.05) is 22.7 Å². The van der Waals surface area contributed by atoms with Crippen LogP contribution in [0.2, 0.25) is 0 Å². The molecule has 62 valence electrons. The second-order valence-electron chi connectivity index (χ2n) is 3.71. The molecule has 2 atom stereocenters. The standard InChI is InChI=1S/C10H10BrN/c11-12-6-7-5-9(7)8-3-1-2-4-10(8)12/h1-4,7,9H,5-6H2. The number of hydrogen-bond donors (Lipinski definition) is 0. The van der Waals surface area contributed by atoms with Crippen molar-refractivity contribution < 1.29 is 0 Å². The first kappa shape index (κ1) is 6.96. The van der Waals surface area contributed by atoms with E-state index in [4.69, 9.17) is 0 Å². The lowest BCUT2D eigenvalue weighted by Crippen LogP contribution is -2.18. The molecule has 0 spiro atoms. The average molecular weight is 224 g/mol. The third-order valence-electron chi connectivity index (χ3n) is 2.92. The quantitative estimate of drug-likeness (QED) is 0.612. The van der Waals surface area contributed by atoms with E-state index in [2.05, 4.69) is 44.3 Å². The smallest absolute Gasteiger partial charge is 0.0505 e. The van der Waals surface area contributed by atoms with E-state index in [-0.39, 0.29) is 0 Å². The van der Waals surface area contributed by atoms with Gasteiger partial charge in [0.1, 0.15) is 0 Å². The van der Waals surface area contributed by atoms with E-state index in [0.717, 1.165) is 11.8 Å². The molecule has 1 heterocycles. The third-order valence-corrected chi connectivity index (χ3v) is 3.59. The number of anilines is 1. The zero-order valence-corrected chi connectivity index (χ0v) is 8.29. The van der Waals surface area contributed by atoms with Gasteiger partial charge >= 0.3 is 0 Å². The van der Waals surface area contributed by atoms with Crippen LogP contribution in [0.3, 0.4) is 0 Å². The van der Waals surface area contributed by atoms with Crippen LogP contribution in [0.1, 0.15) is 17.9 Å². The molecule has 1 aliphatic carbocycles. The summed E-state index contributed by atoms with van der Waals surface area (Å²) in [5.41, 5.74) is 2.90. The maximum absolute atomic E-state index is 3.59. The summed E-state index contributed by atoms with van der Waals surface area (Å²) in [6, 6.07) is 8.70. The summed E-state index contributed by atoms with van der Waals surface area (Å²) in [6.45, 7) is 1.18. The van der Waals surface area contributed by atoms with Crippen molar-refractivity contribution >= 4 is 21.8 Å². The lowest BCUT2D eigenvalue weighted by molar-refractivity contribution is 0.786. The Labute approximate surface area is 80.7 Å². The molecule has 0 saturated heterocycles. The number of nitrogens with zero attached hydrogens (tertiary/aromatic N) is 1. The highest BCUT2D eigenvalue weighted by Crippen LogP contribution is 2.55. The van der Waals surface area contributed by atoms with Gasteiger partial charge in [-0.15, -0.1) is 0 Å². The monoisotopic (exact) mass is 223 g/mol. The number of halogens is 1. The van der Waals surface area contributed by atoms with E-state index < -0.39 is 0 Å². The van der Waals surface area contributed by atoms with Gasteiger partial charge < -0.3 is 3.93 Å². The molecule has 0 bridgehead atoms. The Bertz CT molecular complexity index is 308. The van der Waals surface area contributed by atoms with Crippen molar-refractivity contribution in [3.8, 4) is 0 Å². The Morgan fingerprint density at radius 1 is 1.33 bits per heavy atom. The van der Waals surface area contributed by atoms with E-state index in [1.807, 2.05) is 0 Å². The molecule has 1 nitrogen and oxygen atoms in total. The van der Waals surface area contributed by atoms with Crippen LogP contribution in [0, 0.1) is 5.92 Å². The molecule has 0 amide bonds. The van der Waals surface area contributed by atoms with Gasteiger partial charge in [0.25, 0.3) is 0 Å². The van der Waals surface area contributed by atoms with Crippen LogP contribution in [-0.4, -0.2) is 6.54 Å². The molecule has 1 aromatic rings. The van der Waals surface area contributed by atoms with Gasteiger partial charge in [0.05, 0.1) is 5.69 Å². The van der Waals surface area contributed by atoms with E-state index in [1.165, 1.54) is 24.2 Å². The van der Waals surface area contributed by atoms with E-state index in [1.54, 1.807) is 0 Å². The fraction of sp³-hybridized carbons (Fsp3) is 0.400. The predicted octanol–water partition coefficient (Wildman–Crippen LogP) is 2.92. The second kappa shape index (κ2) is 2.25. The molecule has 12 heavy (non-hydrogen) atoms. The minimum absolute atomic E-state index is 0.870. The van der Waals surface area contributed by atoms with Crippen LogP contribution in [-0.2, 0) is 0 Å². The minimum atomic E-state index is 0.870. The fourth-order valence-electron chi connectivity index (χ4n) is 2.16. The highest BCUT2D eigenvalue weighted by molar-refractivity contribution is 9.10. The Morgan fingerprint density at radius 3 is 3.08 bits per heavy atom. The van der Waals surface area contributed by atoms with Gasteiger partial charge in [-0.1, -0.05) is 18.2 Å². The maximum Gasteiger partial charge on any atom is 0.0505 e. The van der Waals surface area contributed by atoms with Crippen LogP contribution in [0.5, 0.6) is 0 Å². The lowest BCUT2D eigenvalue weighted by atomic mass is 10.0. The van der Waals surface area contributed by atoms with Gasteiger partial charge in [-0.05, 0) is 29.9 Å². The Kier molecular flexibility index (Phi) is 1.31. The first-order chi connectivity index (χ1) is 5.86. The molecular weight excluding hydrogens is 214 g/mol. The van der Waals surface area contributed by atoms with Crippen molar-refractivity contribution in [1.82, 2.24) is 0 Å². The van der Waals surface area contributed by atoms with Crippen LogP contribution in [0.25, 0.3) is 0 Å².